The van der Waals surface area contributed by atoms with Gasteiger partial charge in [0.25, 0.3) is 0 Å². The van der Waals surface area contributed by atoms with E-state index in [1.807, 2.05) is 48.5 Å². The Hall–Kier alpha value is -3.43. The van der Waals surface area contributed by atoms with Crippen LogP contribution in [0.2, 0.25) is 0 Å². The first kappa shape index (κ1) is 30.1. The fourth-order valence-corrected chi connectivity index (χ4v) is 4.60. The van der Waals surface area contributed by atoms with Crippen molar-refractivity contribution in [3.05, 3.63) is 60.2 Å². The van der Waals surface area contributed by atoms with Gasteiger partial charge in [0.2, 0.25) is 11.8 Å². The monoisotopic (exact) mass is 539 g/mol. The van der Waals surface area contributed by atoms with E-state index >= 15 is 0 Å². The molecule has 212 valence electrons. The number of rotatable bonds is 17. The van der Waals surface area contributed by atoms with Gasteiger partial charge in [-0.3, -0.25) is 14.8 Å². The zero-order valence-electron chi connectivity index (χ0n) is 22.5. The normalized spacial score (nSPS) is 14.0. The highest BCUT2D eigenvalue weighted by Crippen LogP contribution is 2.24. The molecule has 1 atom stereocenters. The quantitative estimate of drug-likeness (QED) is 0.0958. The molecule has 0 spiro atoms. The molecular formula is C30H41N3O6. The molecular weight excluding hydrogens is 498 g/mol. The lowest BCUT2D eigenvalue weighted by atomic mass is 10.1. The number of unbranched alkanes of at least 4 members (excludes halogenated alkanes) is 3. The molecule has 1 aliphatic rings. The maximum absolute atomic E-state index is 12.9. The number of anilines is 1. The third-order valence-electron chi connectivity index (χ3n) is 6.69. The lowest BCUT2D eigenvalue weighted by Crippen LogP contribution is -2.33. The second kappa shape index (κ2) is 17.2. The van der Waals surface area contributed by atoms with Gasteiger partial charge in [-0.1, -0.05) is 49.2 Å². The Morgan fingerprint density at radius 2 is 1.59 bits per heavy atom. The molecule has 1 saturated carbocycles. The van der Waals surface area contributed by atoms with Crippen molar-refractivity contribution in [1.82, 2.24) is 10.8 Å². The SMILES string of the molecule is O=C(CCCCCCC(=O)Nc1cccc(OCCCNC(C(=O)OC2CCCC2)c2ccccc2)c1)NO. The largest absolute Gasteiger partial charge is 0.493 e. The van der Waals surface area contributed by atoms with Gasteiger partial charge in [-0.2, -0.15) is 0 Å². The number of hydroxylamine groups is 1. The number of carbonyl (C=O) groups is 3. The van der Waals surface area contributed by atoms with Crippen LogP contribution in [0.5, 0.6) is 5.75 Å². The average molecular weight is 540 g/mol. The van der Waals surface area contributed by atoms with Crippen LogP contribution >= 0.6 is 0 Å². The molecule has 9 heteroatoms. The molecule has 4 N–H and O–H groups in total. The summed E-state index contributed by atoms with van der Waals surface area (Å²) in [6.45, 7) is 1.04. The van der Waals surface area contributed by atoms with Crippen LogP contribution in [-0.4, -0.2) is 42.2 Å². The van der Waals surface area contributed by atoms with E-state index in [2.05, 4.69) is 10.6 Å². The van der Waals surface area contributed by atoms with Crippen molar-refractivity contribution < 1.29 is 29.1 Å². The highest BCUT2D eigenvalue weighted by molar-refractivity contribution is 5.90. The van der Waals surface area contributed by atoms with Crippen molar-refractivity contribution in [2.75, 3.05) is 18.5 Å². The molecule has 2 aromatic rings. The van der Waals surface area contributed by atoms with Gasteiger partial charge in [0, 0.05) is 24.6 Å². The van der Waals surface area contributed by atoms with Crippen molar-refractivity contribution in [1.29, 1.82) is 0 Å². The van der Waals surface area contributed by atoms with Gasteiger partial charge >= 0.3 is 5.97 Å². The standard InChI is InChI=1S/C30H41N3O6/c34-27(18-6-1-2-7-19-28(35)33-37)32-24-14-10-17-26(22-24)38-21-11-20-31-29(23-12-4-3-5-13-23)30(36)39-25-15-8-9-16-25/h3-5,10,12-14,17,22,25,29,31,37H,1-2,6-9,11,15-16,18-21H2,(H,32,34)(H,33,35). The summed E-state index contributed by atoms with van der Waals surface area (Å²) in [6.07, 6.45) is 8.57. The number of benzene rings is 2. The van der Waals surface area contributed by atoms with Crippen molar-refractivity contribution in [2.24, 2.45) is 0 Å². The van der Waals surface area contributed by atoms with Gasteiger partial charge < -0.3 is 20.1 Å². The van der Waals surface area contributed by atoms with Gasteiger partial charge in [-0.05, 0) is 69.2 Å². The van der Waals surface area contributed by atoms with E-state index in [9.17, 15) is 14.4 Å². The molecule has 0 saturated heterocycles. The summed E-state index contributed by atoms with van der Waals surface area (Å²) < 4.78 is 11.6. The fourth-order valence-electron chi connectivity index (χ4n) is 4.60. The summed E-state index contributed by atoms with van der Waals surface area (Å²) in [7, 11) is 0. The summed E-state index contributed by atoms with van der Waals surface area (Å²) in [5.74, 6) is -0.0237. The van der Waals surface area contributed by atoms with E-state index in [1.165, 1.54) is 0 Å². The third-order valence-corrected chi connectivity index (χ3v) is 6.69. The molecule has 1 aliphatic carbocycles. The third kappa shape index (κ3) is 11.5. The molecule has 0 bridgehead atoms. The Labute approximate surface area is 230 Å². The van der Waals surface area contributed by atoms with Crippen LogP contribution in [0.15, 0.2) is 54.6 Å². The van der Waals surface area contributed by atoms with Crippen molar-refractivity contribution in [2.45, 2.75) is 82.8 Å². The minimum Gasteiger partial charge on any atom is -0.493 e. The lowest BCUT2D eigenvalue weighted by Gasteiger charge is -2.20. The van der Waals surface area contributed by atoms with E-state index in [0.29, 0.717) is 43.9 Å². The smallest absolute Gasteiger partial charge is 0.328 e. The zero-order valence-corrected chi connectivity index (χ0v) is 22.5. The minimum absolute atomic E-state index is 0.0220. The first-order valence-corrected chi connectivity index (χ1v) is 14.0. The number of esters is 1. The van der Waals surface area contributed by atoms with E-state index < -0.39 is 6.04 Å². The second-order valence-electron chi connectivity index (χ2n) is 9.87. The van der Waals surface area contributed by atoms with Crippen LogP contribution in [0.3, 0.4) is 0 Å². The lowest BCUT2D eigenvalue weighted by molar-refractivity contribution is -0.151. The topological polar surface area (TPSA) is 126 Å². The predicted molar refractivity (Wildman–Crippen MR) is 148 cm³/mol. The first-order valence-electron chi connectivity index (χ1n) is 14.0. The first-order chi connectivity index (χ1) is 19.0. The van der Waals surface area contributed by atoms with Gasteiger partial charge in [-0.25, -0.2) is 10.3 Å². The van der Waals surface area contributed by atoms with Crippen LogP contribution in [0.1, 0.15) is 82.2 Å². The highest BCUT2D eigenvalue weighted by atomic mass is 16.5. The number of hydrogen-bond donors (Lipinski definition) is 4. The Morgan fingerprint density at radius 3 is 2.31 bits per heavy atom. The summed E-state index contributed by atoms with van der Waals surface area (Å²) in [6, 6.07) is 16.4. The molecule has 2 amide bonds. The molecule has 0 heterocycles. The van der Waals surface area contributed by atoms with Gasteiger partial charge in [-0.15, -0.1) is 0 Å². The number of carbonyl (C=O) groups excluding carboxylic acids is 3. The second-order valence-corrected chi connectivity index (χ2v) is 9.87. The van der Waals surface area contributed by atoms with Gasteiger partial charge in [0.1, 0.15) is 17.9 Å². The molecule has 0 aliphatic heterocycles. The number of ether oxygens (including phenoxy) is 2. The minimum atomic E-state index is -0.509. The van der Waals surface area contributed by atoms with E-state index in [4.69, 9.17) is 14.7 Å². The Bertz CT molecular complexity index is 1030. The van der Waals surface area contributed by atoms with E-state index in [1.54, 1.807) is 11.5 Å². The molecule has 1 fully saturated rings. The van der Waals surface area contributed by atoms with Crippen molar-refractivity contribution in [3.8, 4) is 5.75 Å². The molecule has 39 heavy (non-hydrogen) atoms. The molecule has 1 unspecified atom stereocenters. The molecule has 2 aromatic carbocycles. The fraction of sp³-hybridized carbons (Fsp3) is 0.500. The Kier molecular flexibility index (Phi) is 13.3. The molecule has 9 nitrogen and oxygen atoms in total. The van der Waals surface area contributed by atoms with Crippen molar-refractivity contribution >= 4 is 23.5 Å². The van der Waals surface area contributed by atoms with E-state index in [0.717, 1.165) is 50.5 Å². The van der Waals surface area contributed by atoms with Crippen LogP contribution in [0, 0.1) is 0 Å². The van der Waals surface area contributed by atoms with Gasteiger partial charge in [0.05, 0.1) is 6.61 Å². The number of nitrogens with one attached hydrogen (secondary N) is 3. The summed E-state index contributed by atoms with van der Waals surface area (Å²) >= 11 is 0. The Morgan fingerprint density at radius 1 is 0.872 bits per heavy atom. The number of hydrogen-bond acceptors (Lipinski definition) is 7. The van der Waals surface area contributed by atoms with Crippen LogP contribution in [-0.2, 0) is 19.1 Å². The molecule has 0 aromatic heterocycles. The van der Waals surface area contributed by atoms with E-state index in [-0.39, 0.29) is 30.3 Å². The summed E-state index contributed by atoms with van der Waals surface area (Å²) in [5.41, 5.74) is 3.18. The highest BCUT2D eigenvalue weighted by Gasteiger charge is 2.26. The van der Waals surface area contributed by atoms with Crippen molar-refractivity contribution in [3.63, 3.8) is 0 Å². The molecule has 3 rings (SSSR count). The number of amides is 2. The predicted octanol–water partition coefficient (Wildman–Crippen LogP) is 5.06. The molecule has 0 radical (unpaired) electrons. The maximum atomic E-state index is 12.9. The van der Waals surface area contributed by atoms with Crippen LogP contribution in [0.25, 0.3) is 0 Å². The summed E-state index contributed by atoms with van der Waals surface area (Å²) in [5, 5.41) is 14.7. The average Bonchev–Trinajstić information content (AvgIpc) is 3.46. The maximum Gasteiger partial charge on any atom is 0.328 e. The summed E-state index contributed by atoms with van der Waals surface area (Å²) in [4.78, 5) is 36.1. The van der Waals surface area contributed by atoms with Gasteiger partial charge in [0.15, 0.2) is 0 Å². The van der Waals surface area contributed by atoms with Crippen LogP contribution < -0.4 is 20.9 Å². The van der Waals surface area contributed by atoms with Crippen LogP contribution in [0.4, 0.5) is 5.69 Å². The zero-order chi connectivity index (χ0) is 27.7. The Balaban J connectivity index is 1.36.